The normalized spacial score (nSPS) is 11.1. The highest BCUT2D eigenvalue weighted by Crippen LogP contribution is 2.36. The quantitative estimate of drug-likeness (QED) is 0.609. The smallest absolute Gasteiger partial charge is 0.404 e. The van der Waals surface area contributed by atoms with E-state index in [0.717, 1.165) is 5.69 Å². The summed E-state index contributed by atoms with van der Waals surface area (Å²) >= 11 is 0. The van der Waals surface area contributed by atoms with Crippen molar-refractivity contribution in [2.24, 2.45) is 5.92 Å². The summed E-state index contributed by atoms with van der Waals surface area (Å²) < 4.78 is 14.7. The van der Waals surface area contributed by atoms with Gasteiger partial charge in [0.2, 0.25) is 0 Å². The van der Waals surface area contributed by atoms with Crippen molar-refractivity contribution in [3.8, 4) is 16.9 Å². The number of benzene rings is 2. The lowest BCUT2D eigenvalue weighted by molar-refractivity contribution is 0.194. The lowest BCUT2D eigenvalue weighted by atomic mass is 9.91. The first-order chi connectivity index (χ1) is 12.9. The molecule has 0 bridgehead atoms. The minimum atomic E-state index is -1.17. The van der Waals surface area contributed by atoms with Gasteiger partial charge < -0.3 is 15.5 Å². The van der Waals surface area contributed by atoms with Gasteiger partial charge in [-0.1, -0.05) is 32.0 Å². The van der Waals surface area contributed by atoms with Crippen LogP contribution in [0.3, 0.4) is 0 Å². The molecule has 0 aliphatic heterocycles. The maximum atomic E-state index is 14.7. The third-order valence-corrected chi connectivity index (χ3v) is 4.32. The SMILES string of the molecule is CC(C)Cc1nc2ccc(O)cc2c(-c2ccccc2F)c1CNC(=O)O. The number of hydrogen-bond acceptors (Lipinski definition) is 3. The molecule has 3 aromatic rings. The fraction of sp³-hybridized carbons (Fsp3) is 0.238. The number of phenolic OH excluding ortho intramolecular Hbond substituents is 1. The summed E-state index contributed by atoms with van der Waals surface area (Å²) in [7, 11) is 0. The first-order valence-corrected chi connectivity index (χ1v) is 8.73. The maximum Gasteiger partial charge on any atom is 0.404 e. The number of halogens is 1. The number of pyridine rings is 1. The molecule has 0 saturated carbocycles. The van der Waals surface area contributed by atoms with Crippen molar-refractivity contribution in [1.82, 2.24) is 10.3 Å². The molecule has 140 valence electrons. The van der Waals surface area contributed by atoms with Gasteiger partial charge in [0.1, 0.15) is 11.6 Å². The highest BCUT2D eigenvalue weighted by molar-refractivity contribution is 5.97. The lowest BCUT2D eigenvalue weighted by Gasteiger charge is -2.19. The zero-order valence-corrected chi connectivity index (χ0v) is 15.2. The van der Waals surface area contributed by atoms with Crippen LogP contribution in [0.15, 0.2) is 42.5 Å². The summed E-state index contributed by atoms with van der Waals surface area (Å²) in [4.78, 5) is 15.8. The van der Waals surface area contributed by atoms with Gasteiger partial charge in [0.25, 0.3) is 0 Å². The minimum absolute atomic E-state index is 0.000347. The van der Waals surface area contributed by atoms with Crippen LogP contribution in [-0.4, -0.2) is 21.3 Å². The predicted molar refractivity (Wildman–Crippen MR) is 102 cm³/mol. The summed E-state index contributed by atoms with van der Waals surface area (Å²) in [5, 5.41) is 22.0. The molecule has 1 heterocycles. The fourth-order valence-corrected chi connectivity index (χ4v) is 3.22. The van der Waals surface area contributed by atoms with Gasteiger partial charge in [0.15, 0.2) is 0 Å². The van der Waals surface area contributed by atoms with Crippen LogP contribution in [0.1, 0.15) is 25.1 Å². The molecule has 0 atom stereocenters. The van der Waals surface area contributed by atoms with Crippen molar-refractivity contribution in [2.45, 2.75) is 26.8 Å². The molecular weight excluding hydrogens is 347 g/mol. The van der Waals surface area contributed by atoms with Gasteiger partial charge in [-0.3, -0.25) is 4.98 Å². The van der Waals surface area contributed by atoms with Crippen LogP contribution in [0, 0.1) is 11.7 Å². The maximum absolute atomic E-state index is 14.7. The Balaban J connectivity index is 2.38. The van der Waals surface area contributed by atoms with E-state index in [4.69, 9.17) is 5.11 Å². The number of phenols is 1. The van der Waals surface area contributed by atoms with Crippen molar-refractivity contribution >= 4 is 17.0 Å². The zero-order chi connectivity index (χ0) is 19.6. The Morgan fingerprint density at radius 2 is 1.96 bits per heavy atom. The number of amides is 1. The Bertz CT molecular complexity index is 1000. The molecule has 5 nitrogen and oxygen atoms in total. The van der Waals surface area contributed by atoms with E-state index in [1.165, 1.54) is 18.2 Å². The van der Waals surface area contributed by atoms with Gasteiger partial charge in [-0.05, 0) is 36.6 Å². The Morgan fingerprint density at radius 3 is 2.63 bits per heavy atom. The number of carboxylic acid groups (broad SMARTS) is 1. The molecule has 0 radical (unpaired) electrons. The van der Waals surface area contributed by atoms with Gasteiger partial charge in [0, 0.05) is 34.3 Å². The Hall–Kier alpha value is -3.15. The molecule has 0 saturated heterocycles. The minimum Gasteiger partial charge on any atom is -0.508 e. The number of nitrogens with zero attached hydrogens (tertiary/aromatic N) is 1. The molecule has 3 N–H and O–H groups in total. The summed E-state index contributed by atoms with van der Waals surface area (Å²) in [6.07, 6.45) is -0.546. The number of rotatable bonds is 5. The Labute approximate surface area is 156 Å². The number of aromatic nitrogens is 1. The van der Waals surface area contributed by atoms with Crippen LogP contribution in [0.25, 0.3) is 22.0 Å². The second-order valence-electron chi connectivity index (χ2n) is 6.85. The summed E-state index contributed by atoms with van der Waals surface area (Å²) in [5.41, 5.74) is 2.87. The van der Waals surface area contributed by atoms with Crippen molar-refractivity contribution in [3.05, 3.63) is 59.5 Å². The van der Waals surface area contributed by atoms with E-state index in [1.54, 1.807) is 24.3 Å². The highest BCUT2D eigenvalue weighted by Gasteiger charge is 2.20. The van der Waals surface area contributed by atoms with Crippen LogP contribution in [0.2, 0.25) is 0 Å². The number of carbonyl (C=O) groups is 1. The summed E-state index contributed by atoms with van der Waals surface area (Å²) in [6.45, 7) is 4.08. The fourth-order valence-electron chi connectivity index (χ4n) is 3.22. The molecular formula is C21H21FN2O3. The molecule has 0 fully saturated rings. The van der Waals surface area contributed by atoms with Gasteiger partial charge >= 0.3 is 6.09 Å². The van der Waals surface area contributed by atoms with E-state index >= 15 is 0 Å². The average Bonchev–Trinajstić information content (AvgIpc) is 2.60. The third kappa shape index (κ3) is 4.00. The first kappa shape index (κ1) is 18.6. The van der Waals surface area contributed by atoms with E-state index in [0.29, 0.717) is 34.0 Å². The number of hydrogen-bond donors (Lipinski definition) is 3. The van der Waals surface area contributed by atoms with E-state index in [9.17, 15) is 14.3 Å². The van der Waals surface area contributed by atoms with Crippen LogP contribution in [0.5, 0.6) is 5.75 Å². The molecule has 0 aliphatic rings. The van der Waals surface area contributed by atoms with Crippen molar-refractivity contribution < 1.29 is 19.4 Å². The van der Waals surface area contributed by atoms with E-state index in [2.05, 4.69) is 10.3 Å². The van der Waals surface area contributed by atoms with Crippen LogP contribution < -0.4 is 5.32 Å². The van der Waals surface area contributed by atoms with E-state index in [1.807, 2.05) is 13.8 Å². The molecule has 1 amide bonds. The van der Waals surface area contributed by atoms with Crippen molar-refractivity contribution in [3.63, 3.8) is 0 Å². The lowest BCUT2D eigenvalue weighted by Crippen LogP contribution is -2.22. The molecule has 27 heavy (non-hydrogen) atoms. The number of aromatic hydroxyl groups is 1. The van der Waals surface area contributed by atoms with Gasteiger partial charge in [-0.25, -0.2) is 9.18 Å². The second kappa shape index (κ2) is 7.61. The summed E-state index contributed by atoms with van der Waals surface area (Å²) in [5.74, 6) is -0.0971. The highest BCUT2D eigenvalue weighted by atomic mass is 19.1. The molecule has 0 unspecified atom stereocenters. The molecule has 0 aliphatic carbocycles. The average molecular weight is 368 g/mol. The molecule has 3 rings (SSSR count). The Morgan fingerprint density at radius 1 is 1.22 bits per heavy atom. The van der Waals surface area contributed by atoms with Crippen LogP contribution in [-0.2, 0) is 13.0 Å². The Kier molecular flexibility index (Phi) is 5.26. The predicted octanol–water partition coefficient (Wildman–Crippen LogP) is 4.71. The monoisotopic (exact) mass is 368 g/mol. The van der Waals surface area contributed by atoms with Gasteiger partial charge in [-0.2, -0.15) is 0 Å². The number of fused-ring (bicyclic) bond motifs is 1. The second-order valence-corrected chi connectivity index (χ2v) is 6.85. The molecule has 0 spiro atoms. The summed E-state index contributed by atoms with van der Waals surface area (Å²) in [6, 6.07) is 11.1. The van der Waals surface area contributed by atoms with Crippen LogP contribution in [0.4, 0.5) is 9.18 Å². The van der Waals surface area contributed by atoms with Crippen molar-refractivity contribution in [1.29, 1.82) is 0 Å². The molecule has 1 aromatic heterocycles. The molecule has 6 heteroatoms. The van der Waals surface area contributed by atoms with Gasteiger partial charge in [-0.15, -0.1) is 0 Å². The topological polar surface area (TPSA) is 82.5 Å². The van der Waals surface area contributed by atoms with E-state index in [-0.39, 0.29) is 18.2 Å². The largest absolute Gasteiger partial charge is 0.508 e. The first-order valence-electron chi connectivity index (χ1n) is 8.73. The molecule has 2 aromatic carbocycles. The standard InChI is InChI=1S/C21H21FN2O3/c1-12(2)9-19-16(11-23-21(26)27)20(14-5-3-4-6-17(14)22)15-10-13(25)7-8-18(15)24-19/h3-8,10,12,23,25H,9,11H2,1-2H3,(H,26,27). The van der Waals surface area contributed by atoms with E-state index < -0.39 is 11.9 Å². The van der Waals surface area contributed by atoms with Crippen LogP contribution >= 0.6 is 0 Å². The van der Waals surface area contributed by atoms with Crippen molar-refractivity contribution in [2.75, 3.05) is 0 Å². The third-order valence-electron chi connectivity index (χ3n) is 4.32. The van der Waals surface area contributed by atoms with Gasteiger partial charge in [0.05, 0.1) is 5.52 Å². The number of nitrogens with one attached hydrogen (secondary N) is 1. The zero-order valence-electron chi connectivity index (χ0n) is 15.2.